The largest absolute Gasteiger partial charge is 0.497 e. The highest BCUT2D eigenvalue weighted by molar-refractivity contribution is 7.98. The number of aromatic nitrogens is 5. The van der Waals surface area contributed by atoms with Gasteiger partial charge in [0.05, 0.1) is 12.9 Å². The molecule has 0 fully saturated rings. The molecule has 0 atom stereocenters. The third-order valence-electron chi connectivity index (χ3n) is 5.21. The molecule has 32 heavy (non-hydrogen) atoms. The Morgan fingerprint density at radius 2 is 1.81 bits per heavy atom. The van der Waals surface area contributed by atoms with Crippen LogP contribution in [0.2, 0.25) is 0 Å². The lowest BCUT2D eigenvalue weighted by Crippen LogP contribution is -2.21. The first-order valence-corrected chi connectivity index (χ1v) is 11.5. The maximum Gasteiger partial charge on any atom is 0.237 e. The summed E-state index contributed by atoms with van der Waals surface area (Å²) in [5, 5.41) is 13.6. The van der Waals surface area contributed by atoms with E-state index in [-0.39, 0.29) is 0 Å². The van der Waals surface area contributed by atoms with Gasteiger partial charge in [0.25, 0.3) is 0 Å². The van der Waals surface area contributed by atoms with Crippen LogP contribution in [-0.4, -0.2) is 45.1 Å². The number of rotatable bonds is 9. The van der Waals surface area contributed by atoms with E-state index in [0.717, 1.165) is 40.9 Å². The number of thioether (sulfide) groups is 1. The second kappa shape index (κ2) is 9.86. The summed E-state index contributed by atoms with van der Waals surface area (Å²) in [6, 6.07) is 16.0. The first kappa shape index (κ1) is 21.9. The zero-order valence-electron chi connectivity index (χ0n) is 18.6. The van der Waals surface area contributed by atoms with Crippen molar-refractivity contribution in [2.24, 2.45) is 7.05 Å². The summed E-state index contributed by atoms with van der Waals surface area (Å²) >= 11 is 1.51. The first-order chi connectivity index (χ1) is 15.6. The highest BCUT2D eigenvalue weighted by Crippen LogP contribution is 2.27. The van der Waals surface area contributed by atoms with E-state index in [1.807, 2.05) is 35.9 Å². The molecule has 0 saturated heterocycles. The van der Waals surface area contributed by atoms with Gasteiger partial charge in [-0.3, -0.25) is 0 Å². The van der Waals surface area contributed by atoms with Crippen LogP contribution < -0.4 is 9.64 Å². The zero-order chi connectivity index (χ0) is 22.5. The molecule has 0 aliphatic rings. The average Bonchev–Trinajstić information content (AvgIpc) is 3.46. The molecule has 2 aromatic carbocycles. The minimum absolute atomic E-state index is 0.504. The molecule has 166 valence electrons. The molecule has 4 rings (SSSR count). The van der Waals surface area contributed by atoms with E-state index in [4.69, 9.17) is 9.26 Å². The van der Waals surface area contributed by atoms with Crippen LogP contribution in [-0.2, 0) is 12.8 Å². The van der Waals surface area contributed by atoms with Gasteiger partial charge in [-0.25, -0.2) is 0 Å². The van der Waals surface area contributed by atoms with Crippen LogP contribution in [0.1, 0.15) is 19.7 Å². The van der Waals surface area contributed by atoms with E-state index in [1.165, 1.54) is 17.4 Å². The molecular weight excluding hydrogens is 424 g/mol. The lowest BCUT2D eigenvalue weighted by atomic mass is 10.2. The molecule has 8 nitrogen and oxygen atoms in total. The topological polar surface area (TPSA) is 82.1 Å². The second-order valence-corrected chi connectivity index (χ2v) is 8.06. The van der Waals surface area contributed by atoms with Crippen molar-refractivity contribution in [3.63, 3.8) is 0 Å². The van der Waals surface area contributed by atoms with Crippen molar-refractivity contribution in [2.75, 3.05) is 25.1 Å². The lowest BCUT2D eigenvalue weighted by molar-refractivity contribution is 0.391. The molecule has 9 heteroatoms. The van der Waals surface area contributed by atoms with Crippen molar-refractivity contribution in [1.29, 1.82) is 0 Å². The Hall–Kier alpha value is -3.33. The van der Waals surface area contributed by atoms with Crippen molar-refractivity contribution in [3.8, 4) is 28.5 Å². The molecule has 2 heterocycles. The molecule has 0 N–H and O–H groups in total. The van der Waals surface area contributed by atoms with Crippen molar-refractivity contribution in [1.82, 2.24) is 24.9 Å². The highest BCUT2D eigenvalue weighted by Gasteiger charge is 2.15. The van der Waals surface area contributed by atoms with E-state index in [0.29, 0.717) is 17.5 Å². The molecule has 0 spiro atoms. The smallest absolute Gasteiger partial charge is 0.237 e. The fraction of sp³-hybridized carbons (Fsp3) is 0.304. The number of hydrogen-bond donors (Lipinski definition) is 0. The van der Waals surface area contributed by atoms with Crippen LogP contribution in [0.4, 0.5) is 5.69 Å². The van der Waals surface area contributed by atoms with E-state index < -0.39 is 0 Å². The van der Waals surface area contributed by atoms with Gasteiger partial charge in [0.15, 0.2) is 11.0 Å². The molecule has 0 unspecified atom stereocenters. The van der Waals surface area contributed by atoms with Crippen LogP contribution in [0.25, 0.3) is 22.8 Å². The maximum absolute atomic E-state index is 5.42. The van der Waals surface area contributed by atoms with Gasteiger partial charge in [-0.1, -0.05) is 29.1 Å². The summed E-state index contributed by atoms with van der Waals surface area (Å²) in [4.78, 5) is 6.80. The number of methoxy groups -OCH3 is 1. The number of nitrogens with zero attached hydrogens (tertiary/aromatic N) is 6. The van der Waals surface area contributed by atoms with Gasteiger partial charge in [0.1, 0.15) is 5.75 Å². The van der Waals surface area contributed by atoms with Crippen molar-refractivity contribution < 1.29 is 9.26 Å². The zero-order valence-corrected chi connectivity index (χ0v) is 19.5. The van der Waals surface area contributed by atoms with Gasteiger partial charge in [-0.05, 0) is 50.2 Å². The Balaban J connectivity index is 1.44. The summed E-state index contributed by atoms with van der Waals surface area (Å²) in [6.07, 6.45) is 0. The van der Waals surface area contributed by atoms with Crippen LogP contribution in [0.15, 0.2) is 58.2 Å². The van der Waals surface area contributed by atoms with Crippen molar-refractivity contribution in [2.45, 2.75) is 24.8 Å². The van der Waals surface area contributed by atoms with Crippen LogP contribution in [0.5, 0.6) is 5.75 Å². The minimum atomic E-state index is 0.504. The summed E-state index contributed by atoms with van der Waals surface area (Å²) in [5.74, 6) is 3.14. The Morgan fingerprint density at radius 3 is 2.53 bits per heavy atom. The van der Waals surface area contributed by atoms with Crippen LogP contribution in [0, 0.1) is 0 Å². The van der Waals surface area contributed by atoms with Crippen LogP contribution >= 0.6 is 11.8 Å². The average molecular weight is 451 g/mol. The van der Waals surface area contributed by atoms with E-state index in [1.54, 1.807) is 7.11 Å². The molecule has 0 saturated carbocycles. The lowest BCUT2D eigenvalue weighted by Gasteiger charge is -2.21. The SMILES string of the molecule is CCN(CC)c1ccc(-c2nnc(SCc3nc(-c4cccc(OC)c4)no3)n2C)cc1. The number of benzene rings is 2. The van der Waals surface area contributed by atoms with E-state index >= 15 is 0 Å². The van der Waals surface area contributed by atoms with Crippen molar-refractivity contribution in [3.05, 3.63) is 54.4 Å². The first-order valence-electron chi connectivity index (χ1n) is 10.5. The second-order valence-electron chi connectivity index (χ2n) is 7.12. The van der Waals surface area contributed by atoms with Gasteiger partial charge in [-0.2, -0.15) is 4.98 Å². The monoisotopic (exact) mass is 450 g/mol. The molecule has 0 amide bonds. The number of ether oxygens (including phenoxy) is 1. The molecular formula is C23H26N6O2S. The normalized spacial score (nSPS) is 11.0. The summed E-state index contributed by atoms with van der Waals surface area (Å²) in [5.41, 5.74) is 3.08. The summed E-state index contributed by atoms with van der Waals surface area (Å²) in [7, 11) is 3.59. The highest BCUT2D eigenvalue weighted by atomic mass is 32.2. The Kier molecular flexibility index (Phi) is 6.75. The summed E-state index contributed by atoms with van der Waals surface area (Å²) in [6.45, 7) is 6.28. The van der Waals surface area contributed by atoms with Gasteiger partial charge < -0.3 is 18.7 Å². The van der Waals surface area contributed by atoms with E-state index in [2.05, 4.69) is 63.4 Å². The summed E-state index contributed by atoms with van der Waals surface area (Å²) < 4.78 is 12.7. The fourth-order valence-corrected chi connectivity index (χ4v) is 4.17. The molecule has 0 aliphatic heterocycles. The predicted octanol–water partition coefficient (Wildman–Crippen LogP) is 4.68. The van der Waals surface area contributed by atoms with Gasteiger partial charge >= 0.3 is 0 Å². The Bertz CT molecular complexity index is 1170. The Labute approximate surface area is 191 Å². The van der Waals surface area contributed by atoms with Gasteiger partial charge in [0.2, 0.25) is 11.7 Å². The molecule has 0 aliphatic carbocycles. The molecule has 2 aromatic heterocycles. The van der Waals surface area contributed by atoms with Gasteiger partial charge in [-0.15, -0.1) is 10.2 Å². The molecule has 4 aromatic rings. The number of anilines is 1. The molecule has 0 radical (unpaired) electrons. The Morgan fingerprint density at radius 1 is 1.03 bits per heavy atom. The third-order valence-corrected chi connectivity index (χ3v) is 6.21. The predicted molar refractivity (Wildman–Crippen MR) is 126 cm³/mol. The van der Waals surface area contributed by atoms with Crippen molar-refractivity contribution >= 4 is 17.4 Å². The van der Waals surface area contributed by atoms with Crippen LogP contribution in [0.3, 0.4) is 0 Å². The van der Waals surface area contributed by atoms with E-state index in [9.17, 15) is 0 Å². The molecule has 0 bridgehead atoms. The quantitative estimate of drug-likeness (QED) is 0.340. The fourth-order valence-electron chi connectivity index (χ4n) is 3.42. The third kappa shape index (κ3) is 4.62. The maximum atomic E-state index is 5.42. The number of hydrogen-bond acceptors (Lipinski definition) is 8. The minimum Gasteiger partial charge on any atom is -0.497 e. The van der Waals surface area contributed by atoms with Gasteiger partial charge in [0, 0.05) is 37.0 Å². The standard InChI is InChI=1S/C23H26N6O2S/c1-5-29(6-2)18-12-10-16(11-13-18)22-25-26-23(28(22)3)32-15-20-24-21(27-31-20)17-8-7-9-19(14-17)30-4/h7-14H,5-6,15H2,1-4H3.